The molecular formula is C49H42F3N9O7S. The Morgan fingerprint density at radius 1 is 0.797 bits per heavy atom. The first-order chi connectivity index (χ1) is 33.1. The molecule has 69 heavy (non-hydrogen) atoms. The molecule has 7 aromatic rings. The van der Waals surface area contributed by atoms with Crippen LogP contribution in [-0.2, 0) is 15.8 Å². The van der Waals surface area contributed by atoms with Gasteiger partial charge in [-0.05, 0) is 87.2 Å². The maximum Gasteiger partial charge on any atom is 0.416 e. The minimum Gasteiger partial charge on any atom is -0.384 e. The van der Waals surface area contributed by atoms with E-state index in [1.807, 2.05) is 6.07 Å². The molecule has 16 nitrogen and oxygen atoms in total. The number of carbonyl (C=O) groups is 5. The molecule has 20 heteroatoms. The molecule has 5 N–H and O–H groups in total. The third-order valence-electron chi connectivity index (χ3n) is 12.2. The number of nitrogens with zero attached hydrogens (tertiary/aromatic N) is 4. The molecule has 5 amide bonds. The van der Waals surface area contributed by atoms with Gasteiger partial charge in [-0.3, -0.25) is 54.0 Å². The molecule has 0 saturated carbocycles. The molecule has 2 atom stereocenters. The molecule has 0 aliphatic carbocycles. The minimum atomic E-state index is -4.50. The largest absolute Gasteiger partial charge is 0.416 e. The lowest BCUT2D eigenvalue weighted by molar-refractivity contribution is -0.138. The number of fused-ring (bicyclic) bond motifs is 1. The highest BCUT2D eigenvalue weighted by atomic mass is 32.1. The van der Waals surface area contributed by atoms with Gasteiger partial charge in [0.05, 0.1) is 39.2 Å². The molecule has 9 rings (SSSR count). The number of anilines is 1. The first kappa shape index (κ1) is 46.0. The van der Waals surface area contributed by atoms with Crippen LogP contribution in [0.1, 0.15) is 96.3 Å². The molecule has 4 aromatic carbocycles. The van der Waals surface area contributed by atoms with Gasteiger partial charge in [-0.25, -0.2) is 9.67 Å². The molecule has 2 unspecified atom stereocenters. The van der Waals surface area contributed by atoms with Crippen molar-refractivity contribution in [3.8, 4) is 22.1 Å². The van der Waals surface area contributed by atoms with Crippen molar-refractivity contribution in [2.24, 2.45) is 0 Å². The molecule has 3 aromatic heterocycles. The maximum absolute atomic E-state index is 14.5. The first-order valence-electron chi connectivity index (χ1n) is 21.9. The lowest BCUT2D eigenvalue weighted by atomic mass is 9.85. The smallest absolute Gasteiger partial charge is 0.384 e. The number of piperidine rings is 1. The number of thiazole rings is 1. The van der Waals surface area contributed by atoms with Crippen molar-refractivity contribution in [3.05, 3.63) is 173 Å². The summed E-state index contributed by atoms with van der Waals surface area (Å²) >= 11 is 1.11. The number of aryl methyl sites for hydroxylation is 2. The van der Waals surface area contributed by atoms with E-state index in [-0.39, 0.29) is 40.6 Å². The van der Waals surface area contributed by atoms with E-state index >= 15 is 0 Å². The van der Waals surface area contributed by atoms with Crippen LogP contribution in [-0.4, -0.2) is 78.1 Å². The fourth-order valence-corrected chi connectivity index (χ4v) is 9.56. The van der Waals surface area contributed by atoms with E-state index in [9.17, 15) is 46.7 Å². The Labute approximate surface area is 394 Å². The van der Waals surface area contributed by atoms with Crippen LogP contribution < -0.4 is 27.1 Å². The lowest BCUT2D eigenvalue weighted by Crippen LogP contribution is -2.54. The summed E-state index contributed by atoms with van der Waals surface area (Å²) in [5, 5.41) is 16.4. The standard InChI is InChI=1S/C49H42F3N9O7S/c1-26-38(46(67)60(57-26)32-9-4-3-5-10-32)40(39-27(2)58-61(47(39)68)48-55-35(25-69-48)28-17-19-31(20-18-28)49(50,51)52)29-13-15-30(16-14-29)42(63)54-24-7-6-23-53-34-12-8-11-33-41(34)45(66)59(44(33)65)36-21-22-37(62)56-43(36)64/h3-5,8-20,25,36,40,53,57-58H,6-7,21-24H2,1-2H3,(H,54,63)(H,56,62,64). The van der Waals surface area contributed by atoms with Gasteiger partial charge in [-0.2, -0.15) is 17.9 Å². The van der Waals surface area contributed by atoms with Crippen molar-refractivity contribution < 1.29 is 37.1 Å². The molecule has 352 valence electrons. The number of unbranched alkanes of at least 4 members (excludes halogenated alkanes) is 1. The molecule has 5 heterocycles. The van der Waals surface area contributed by atoms with Crippen molar-refractivity contribution in [2.45, 2.75) is 57.7 Å². The van der Waals surface area contributed by atoms with Gasteiger partial charge in [0, 0.05) is 59.0 Å². The number of imide groups is 2. The van der Waals surface area contributed by atoms with E-state index in [1.165, 1.54) is 27.6 Å². The number of rotatable bonds is 14. The van der Waals surface area contributed by atoms with E-state index in [4.69, 9.17) is 0 Å². The maximum atomic E-state index is 14.5. The van der Waals surface area contributed by atoms with Crippen LogP contribution >= 0.6 is 11.3 Å². The van der Waals surface area contributed by atoms with E-state index in [0.717, 1.165) is 28.4 Å². The predicted octanol–water partition coefficient (Wildman–Crippen LogP) is 6.61. The van der Waals surface area contributed by atoms with Gasteiger partial charge in [0.25, 0.3) is 28.8 Å². The van der Waals surface area contributed by atoms with Crippen molar-refractivity contribution in [3.63, 3.8) is 0 Å². The van der Waals surface area contributed by atoms with Gasteiger partial charge in [-0.1, -0.05) is 48.5 Å². The Hall–Kier alpha value is -8.13. The number of para-hydroxylation sites is 1. The van der Waals surface area contributed by atoms with Crippen molar-refractivity contribution >= 4 is 46.6 Å². The zero-order valence-electron chi connectivity index (χ0n) is 36.9. The monoisotopic (exact) mass is 957 g/mol. The van der Waals surface area contributed by atoms with Crippen LogP contribution in [0.3, 0.4) is 0 Å². The topological polar surface area (TPSA) is 213 Å². The summed E-state index contributed by atoms with van der Waals surface area (Å²) in [6.45, 7) is 4.14. The summed E-state index contributed by atoms with van der Waals surface area (Å²) in [4.78, 5) is 98.6. The normalized spacial score (nSPS) is 15.3. The summed E-state index contributed by atoms with van der Waals surface area (Å²) < 4.78 is 42.3. The number of carbonyl (C=O) groups excluding carboxylic acids is 5. The summed E-state index contributed by atoms with van der Waals surface area (Å²) in [5.74, 6) is -3.65. The Kier molecular flexibility index (Phi) is 12.3. The van der Waals surface area contributed by atoms with Crippen molar-refractivity contribution in [1.29, 1.82) is 0 Å². The molecule has 0 spiro atoms. The van der Waals surface area contributed by atoms with Crippen LogP contribution in [0.4, 0.5) is 18.9 Å². The summed E-state index contributed by atoms with van der Waals surface area (Å²) in [7, 11) is 0. The van der Waals surface area contributed by atoms with Gasteiger partial charge in [0.15, 0.2) is 0 Å². The number of nitrogens with one attached hydrogen (secondary N) is 5. The fraction of sp³-hybridized carbons (Fsp3) is 0.224. The number of aromatic amines is 2. The minimum absolute atomic E-state index is 0.0152. The number of benzene rings is 4. The predicted molar refractivity (Wildman–Crippen MR) is 249 cm³/mol. The number of halogens is 3. The Morgan fingerprint density at radius 2 is 1.46 bits per heavy atom. The highest BCUT2D eigenvalue weighted by Gasteiger charge is 2.45. The average molecular weight is 958 g/mol. The zero-order chi connectivity index (χ0) is 48.7. The van der Waals surface area contributed by atoms with E-state index in [0.29, 0.717) is 76.6 Å². The first-order valence-corrected chi connectivity index (χ1v) is 22.8. The van der Waals surface area contributed by atoms with Crippen LogP contribution in [0.25, 0.3) is 22.1 Å². The second kappa shape index (κ2) is 18.5. The molecule has 1 fully saturated rings. The third-order valence-corrected chi connectivity index (χ3v) is 13.0. The van der Waals surface area contributed by atoms with Crippen LogP contribution in [0, 0.1) is 13.8 Å². The Balaban J connectivity index is 0.902. The van der Waals surface area contributed by atoms with E-state index < -0.39 is 58.4 Å². The number of alkyl halides is 3. The highest BCUT2D eigenvalue weighted by Crippen LogP contribution is 2.35. The quantitative estimate of drug-likeness (QED) is 0.0586. The fourth-order valence-electron chi connectivity index (χ4n) is 8.77. The number of hydrogen-bond acceptors (Lipinski definition) is 10. The van der Waals surface area contributed by atoms with Gasteiger partial charge < -0.3 is 10.6 Å². The number of H-pyrrole nitrogens is 2. The summed E-state index contributed by atoms with van der Waals surface area (Å²) in [5.41, 5.74) is 2.78. The molecule has 2 aliphatic heterocycles. The second-order valence-electron chi connectivity index (χ2n) is 16.6. The molecule has 2 aliphatic rings. The zero-order valence-corrected chi connectivity index (χ0v) is 37.7. The summed E-state index contributed by atoms with van der Waals surface area (Å²) in [6.07, 6.45) is -3.31. The third kappa shape index (κ3) is 8.81. The van der Waals surface area contributed by atoms with Crippen molar-refractivity contribution in [1.82, 2.24) is 40.1 Å². The lowest BCUT2D eigenvalue weighted by Gasteiger charge is -2.27. The van der Waals surface area contributed by atoms with Gasteiger partial charge in [0.2, 0.25) is 16.9 Å². The van der Waals surface area contributed by atoms with E-state index in [1.54, 1.807) is 79.9 Å². The van der Waals surface area contributed by atoms with Gasteiger partial charge in [0.1, 0.15) is 6.04 Å². The number of hydrogen-bond donors (Lipinski definition) is 5. The van der Waals surface area contributed by atoms with Gasteiger partial charge in [-0.15, -0.1) is 11.3 Å². The van der Waals surface area contributed by atoms with E-state index in [2.05, 4.69) is 31.1 Å². The van der Waals surface area contributed by atoms with Gasteiger partial charge >= 0.3 is 6.18 Å². The highest BCUT2D eigenvalue weighted by molar-refractivity contribution is 7.12. The number of aromatic nitrogens is 5. The average Bonchev–Trinajstić information content (AvgIpc) is 4.08. The second-order valence-corrected chi connectivity index (χ2v) is 17.5. The Morgan fingerprint density at radius 3 is 2.14 bits per heavy atom. The molecular weight excluding hydrogens is 916 g/mol. The Bertz CT molecular complexity index is 3280. The summed E-state index contributed by atoms with van der Waals surface area (Å²) in [6, 6.07) is 23.9. The SMILES string of the molecule is Cc1[nH]n(-c2ccccc2)c(=O)c1C(c1ccc(C(=O)NCCCCNc2cccc3c2C(=O)N(C2CCC(=O)NC2=O)C3=O)cc1)c1c(C)[nH]n(-c2nc(-c3ccc(C(F)(F)F)cc3)cs2)c1=O. The van der Waals surface area contributed by atoms with Crippen LogP contribution in [0.5, 0.6) is 0 Å². The van der Waals surface area contributed by atoms with Crippen LogP contribution in [0.15, 0.2) is 112 Å². The molecule has 0 bridgehead atoms. The van der Waals surface area contributed by atoms with Crippen molar-refractivity contribution in [2.75, 3.05) is 18.4 Å². The molecule has 0 radical (unpaired) electrons. The van der Waals surface area contributed by atoms with Crippen LogP contribution in [0.2, 0.25) is 0 Å². The number of amides is 5. The molecule has 1 saturated heterocycles.